The number of hydrogen-bond donors (Lipinski definition) is 1. The highest BCUT2D eigenvalue weighted by Crippen LogP contribution is 2.34. The summed E-state index contributed by atoms with van der Waals surface area (Å²) in [4.78, 5) is 2.28. The van der Waals surface area contributed by atoms with Gasteiger partial charge in [0.2, 0.25) is 0 Å². The fraction of sp³-hybridized carbons (Fsp3) is 0.280. The van der Waals surface area contributed by atoms with Crippen molar-refractivity contribution in [1.82, 2.24) is 4.90 Å². The number of benzene rings is 3. The third-order valence-corrected chi connectivity index (χ3v) is 8.66. The van der Waals surface area contributed by atoms with Crippen LogP contribution in [0.25, 0.3) is 0 Å². The molecule has 0 aliphatic carbocycles. The standard InChI is InChI=1S/C25H25Cl3N2O4S/c26-19-4-10-25(24(28)15-19)35(32,33)30(17-18-3-7-21(31)16-23(18)27)20-5-8-22(9-6-20)34-14-13-29-11-1-2-12-29/h3-10,15-16,31H,1-2,11-14,17H2. The van der Waals surface area contributed by atoms with Crippen LogP contribution < -0.4 is 9.04 Å². The van der Waals surface area contributed by atoms with Crippen molar-refractivity contribution in [3.8, 4) is 11.5 Å². The summed E-state index contributed by atoms with van der Waals surface area (Å²) in [6.07, 6.45) is 2.45. The van der Waals surface area contributed by atoms with Gasteiger partial charge in [0.1, 0.15) is 23.0 Å². The van der Waals surface area contributed by atoms with E-state index in [0.29, 0.717) is 28.6 Å². The molecule has 0 radical (unpaired) electrons. The first-order chi connectivity index (χ1) is 16.7. The van der Waals surface area contributed by atoms with Crippen LogP contribution in [-0.2, 0) is 16.6 Å². The van der Waals surface area contributed by atoms with E-state index < -0.39 is 10.0 Å². The van der Waals surface area contributed by atoms with Gasteiger partial charge in [0.25, 0.3) is 10.0 Å². The van der Waals surface area contributed by atoms with Gasteiger partial charge in [-0.05, 0) is 86.1 Å². The van der Waals surface area contributed by atoms with E-state index in [1.807, 2.05) is 0 Å². The second kappa shape index (κ2) is 11.3. The molecule has 0 unspecified atom stereocenters. The van der Waals surface area contributed by atoms with Crippen molar-refractivity contribution >= 4 is 50.5 Å². The van der Waals surface area contributed by atoms with Crippen molar-refractivity contribution in [3.05, 3.63) is 81.3 Å². The maximum absolute atomic E-state index is 13.7. The van der Waals surface area contributed by atoms with Crippen molar-refractivity contribution in [3.63, 3.8) is 0 Å². The van der Waals surface area contributed by atoms with Crippen molar-refractivity contribution in [1.29, 1.82) is 0 Å². The summed E-state index contributed by atoms with van der Waals surface area (Å²) in [6, 6.07) is 15.5. The van der Waals surface area contributed by atoms with Crippen molar-refractivity contribution in [2.24, 2.45) is 0 Å². The molecular weight excluding hydrogens is 531 g/mol. The summed E-state index contributed by atoms with van der Waals surface area (Å²) in [5.41, 5.74) is 0.927. The molecule has 186 valence electrons. The van der Waals surface area contributed by atoms with E-state index in [1.165, 1.54) is 47.5 Å². The minimum absolute atomic E-state index is 0.00988. The van der Waals surface area contributed by atoms with Gasteiger partial charge in [-0.3, -0.25) is 9.21 Å². The zero-order valence-electron chi connectivity index (χ0n) is 18.8. The number of ether oxygens (including phenoxy) is 1. The Morgan fingerprint density at radius 2 is 1.63 bits per heavy atom. The van der Waals surface area contributed by atoms with Crippen LogP contribution in [0, 0.1) is 0 Å². The Morgan fingerprint density at radius 3 is 2.29 bits per heavy atom. The fourth-order valence-corrected chi connectivity index (χ4v) is 6.37. The van der Waals surface area contributed by atoms with Gasteiger partial charge in [-0.15, -0.1) is 0 Å². The highest BCUT2D eigenvalue weighted by Gasteiger charge is 2.28. The van der Waals surface area contributed by atoms with Gasteiger partial charge >= 0.3 is 0 Å². The van der Waals surface area contributed by atoms with Gasteiger partial charge in [0.05, 0.1) is 17.3 Å². The van der Waals surface area contributed by atoms with Crippen LogP contribution in [0.4, 0.5) is 5.69 Å². The number of halogens is 3. The van der Waals surface area contributed by atoms with E-state index in [4.69, 9.17) is 39.5 Å². The first-order valence-corrected chi connectivity index (χ1v) is 13.7. The maximum Gasteiger partial charge on any atom is 0.266 e. The zero-order valence-corrected chi connectivity index (χ0v) is 21.9. The molecule has 1 aliphatic heterocycles. The summed E-state index contributed by atoms with van der Waals surface area (Å²) in [7, 11) is -4.09. The summed E-state index contributed by atoms with van der Waals surface area (Å²) in [5, 5.41) is 10.3. The molecule has 1 aliphatic rings. The maximum atomic E-state index is 13.7. The zero-order chi connectivity index (χ0) is 25.0. The largest absolute Gasteiger partial charge is 0.508 e. The number of phenolic OH excluding ortho intramolecular Hbond substituents is 1. The number of likely N-dealkylation sites (tertiary alicyclic amines) is 1. The summed E-state index contributed by atoms with van der Waals surface area (Å²) >= 11 is 18.5. The fourth-order valence-electron chi connectivity index (χ4n) is 3.94. The molecule has 0 aromatic heterocycles. The molecule has 0 amide bonds. The molecule has 0 atom stereocenters. The van der Waals surface area contributed by atoms with E-state index in [2.05, 4.69) is 4.90 Å². The van der Waals surface area contributed by atoms with Crippen LogP contribution >= 0.6 is 34.8 Å². The minimum atomic E-state index is -4.09. The van der Waals surface area contributed by atoms with Crippen LogP contribution in [-0.4, -0.2) is 44.7 Å². The lowest BCUT2D eigenvalue weighted by atomic mass is 10.2. The molecule has 6 nitrogen and oxygen atoms in total. The quantitative estimate of drug-likeness (QED) is 0.339. The van der Waals surface area contributed by atoms with Gasteiger partial charge in [-0.2, -0.15) is 0 Å². The molecule has 0 bridgehead atoms. The first kappa shape index (κ1) is 25.9. The summed E-state index contributed by atoms with van der Waals surface area (Å²) in [5.74, 6) is 0.641. The third-order valence-electron chi connectivity index (χ3n) is 5.81. The van der Waals surface area contributed by atoms with Crippen molar-refractivity contribution in [2.75, 3.05) is 30.5 Å². The molecule has 0 saturated carbocycles. The van der Waals surface area contributed by atoms with Gasteiger partial charge in [0, 0.05) is 16.6 Å². The number of rotatable bonds is 9. The molecule has 35 heavy (non-hydrogen) atoms. The molecule has 1 heterocycles. The smallest absolute Gasteiger partial charge is 0.266 e. The summed E-state index contributed by atoms with van der Waals surface area (Å²) in [6.45, 7) is 3.54. The van der Waals surface area contributed by atoms with Gasteiger partial charge in [-0.25, -0.2) is 8.42 Å². The van der Waals surface area contributed by atoms with Crippen LogP contribution in [0.2, 0.25) is 15.1 Å². The molecule has 4 rings (SSSR count). The Bertz CT molecular complexity index is 1280. The third kappa shape index (κ3) is 6.35. The highest BCUT2D eigenvalue weighted by atomic mass is 35.5. The van der Waals surface area contributed by atoms with Crippen LogP contribution in [0.15, 0.2) is 65.6 Å². The van der Waals surface area contributed by atoms with Crippen LogP contribution in [0.5, 0.6) is 11.5 Å². The average Bonchev–Trinajstić information content (AvgIpc) is 3.32. The Balaban J connectivity index is 1.62. The molecule has 0 spiro atoms. The van der Waals surface area contributed by atoms with Crippen LogP contribution in [0.1, 0.15) is 18.4 Å². The normalized spacial score (nSPS) is 14.3. The molecule has 3 aromatic rings. The molecule has 1 fully saturated rings. The lowest BCUT2D eigenvalue weighted by molar-refractivity contribution is 0.238. The Kier molecular flexibility index (Phi) is 8.34. The van der Waals surface area contributed by atoms with Crippen molar-refractivity contribution < 1.29 is 18.3 Å². The van der Waals surface area contributed by atoms with Crippen molar-refractivity contribution in [2.45, 2.75) is 24.3 Å². The van der Waals surface area contributed by atoms with E-state index >= 15 is 0 Å². The molecule has 10 heteroatoms. The lowest BCUT2D eigenvalue weighted by Crippen LogP contribution is -2.31. The predicted octanol–water partition coefficient (Wildman–Crippen LogP) is 6.22. The number of phenols is 1. The molecule has 1 saturated heterocycles. The minimum Gasteiger partial charge on any atom is -0.508 e. The number of nitrogens with zero attached hydrogens (tertiary/aromatic N) is 2. The molecular formula is C25H25Cl3N2O4S. The second-order valence-electron chi connectivity index (χ2n) is 8.25. The SMILES string of the molecule is O=S(=O)(c1ccc(Cl)cc1Cl)N(Cc1ccc(O)cc1Cl)c1ccc(OCCN2CCCC2)cc1. The van der Waals surface area contributed by atoms with Crippen LogP contribution in [0.3, 0.4) is 0 Å². The Labute approximate surface area is 220 Å². The van der Waals surface area contributed by atoms with Gasteiger partial charge in [0.15, 0.2) is 0 Å². The topological polar surface area (TPSA) is 70.1 Å². The molecule has 1 N–H and O–H groups in total. The summed E-state index contributed by atoms with van der Waals surface area (Å²) < 4.78 is 34.5. The number of anilines is 1. The number of hydrogen-bond acceptors (Lipinski definition) is 5. The molecule has 3 aromatic carbocycles. The Hall–Kier alpha value is -2.16. The number of aromatic hydroxyl groups is 1. The number of sulfonamides is 1. The Morgan fingerprint density at radius 1 is 0.914 bits per heavy atom. The van der Waals surface area contributed by atoms with E-state index in [9.17, 15) is 13.5 Å². The predicted molar refractivity (Wildman–Crippen MR) is 141 cm³/mol. The van der Waals surface area contributed by atoms with Gasteiger partial charge in [-0.1, -0.05) is 40.9 Å². The first-order valence-electron chi connectivity index (χ1n) is 11.1. The van der Waals surface area contributed by atoms with E-state index in [-0.39, 0.29) is 27.2 Å². The second-order valence-corrected chi connectivity index (χ2v) is 11.3. The highest BCUT2D eigenvalue weighted by molar-refractivity contribution is 7.93. The van der Waals surface area contributed by atoms with E-state index in [0.717, 1.165) is 19.6 Å². The average molecular weight is 556 g/mol. The van der Waals surface area contributed by atoms with E-state index in [1.54, 1.807) is 30.3 Å². The van der Waals surface area contributed by atoms with Gasteiger partial charge < -0.3 is 9.84 Å². The monoisotopic (exact) mass is 554 g/mol. The lowest BCUT2D eigenvalue weighted by Gasteiger charge is -2.26.